The van der Waals surface area contributed by atoms with Crippen molar-refractivity contribution in [1.82, 2.24) is 14.5 Å². The number of nitrogens with zero attached hydrogens (tertiary/aromatic N) is 3. The standard InChI is InChI=1S/C13H9N3S2/c1-16-7-14-11-9(16)5-4-8-12(11)18-13(15-8)10-3-2-6-17-10/h2-7H,1H3. The van der Waals surface area contributed by atoms with Gasteiger partial charge in [-0.25, -0.2) is 9.97 Å². The highest BCUT2D eigenvalue weighted by Crippen LogP contribution is 2.35. The van der Waals surface area contributed by atoms with Gasteiger partial charge >= 0.3 is 0 Å². The molecule has 0 saturated carbocycles. The maximum atomic E-state index is 4.69. The first-order valence-corrected chi connectivity index (χ1v) is 7.27. The lowest BCUT2D eigenvalue weighted by atomic mass is 10.3. The van der Waals surface area contributed by atoms with Gasteiger partial charge in [0.05, 0.1) is 26.9 Å². The predicted molar refractivity (Wildman–Crippen MR) is 77.2 cm³/mol. The van der Waals surface area contributed by atoms with Crippen molar-refractivity contribution in [2.45, 2.75) is 0 Å². The minimum Gasteiger partial charge on any atom is -0.334 e. The highest BCUT2D eigenvalue weighted by atomic mass is 32.1. The van der Waals surface area contributed by atoms with Crippen LogP contribution in [-0.2, 0) is 7.05 Å². The fourth-order valence-corrected chi connectivity index (χ4v) is 3.94. The fraction of sp³-hybridized carbons (Fsp3) is 0.0769. The molecule has 0 aliphatic heterocycles. The first-order chi connectivity index (χ1) is 8.83. The maximum absolute atomic E-state index is 4.69. The predicted octanol–water partition coefficient (Wildman–Crippen LogP) is 3.91. The lowest BCUT2D eigenvalue weighted by molar-refractivity contribution is 0.948. The molecule has 0 aliphatic carbocycles. The minimum atomic E-state index is 1.04. The second-order valence-corrected chi connectivity index (χ2v) is 6.08. The van der Waals surface area contributed by atoms with Crippen LogP contribution in [0.3, 0.4) is 0 Å². The number of hydrogen-bond donors (Lipinski definition) is 0. The molecule has 0 fully saturated rings. The van der Waals surface area contributed by atoms with Gasteiger partial charge in [-0.3, -0.25) is 0 Å². The van der Waals surface area contributed by atoms with Gasteiger partial charge in [0.25, 0.3) is 0 Å². The van der Waals surface area contributed by atoms with Crippen LogP contribution < -0.4 is 0 Å². The van der Waals surface area contributed by atoms with Crippen LogP contribution in [0, 0.1) is 0 Å². The van der Waals surface area contributed by atoms with E-state index in [-0.39, 0.29) is 0 Å². The van der Waals surface area contributed by atoms with Crippen molar-refractivity contribution in [3.63, 3.8) is 0 Å². The van der Waals surface area contributed by atoms with Crippen molar-refractivity contribution in [2.75, 3.05) is 0 Å². The quantitative estimate of drug-likeness (QED) is 0.525. The van der Waals surface area contributed by atoms with Crippen LogP contribution in [0.4, 0.5) is 0 Å². The summed E-state index contributed by atoms with van der Waals surface area (Å²) in [6.07, 6.45) is 1.86. The van der Waals surface area contributed by atoms with E-state index in [0.717, 1.165) is 21.6 Å². The van der Waals surface area contributed by atoms with Crippen LogP contribution in [0.2, 0.25) is 0 Å². The summed E-state index contributed by atoms with van der Waals surface area (Å²) in [6.45, 7) is 0. The first-order valence-electron chi connectivity index (χ1n) is 5.57. The Labute approximate surface area is 111 Å². The summed E-state index contributed by atoms with van der Waals surface area (Å²) >= 11 is 3.45. The molecule has 0 N–H and O–H groups in total. The Bertz CT molecular complexity index is 840. The van der Waals surface area contributed by atoms with Crippen LogP contribution in [0.25, 0.3) is 31.1 Å². The van der Waals surface area contributed by atoms with Crippen molar-refractivity contribution in [3.05, 3.63) is 36.0 Å². The van der Waals surface area contributed by atoms with E-state index in [1.807, 2.05) is 17.9 Å². The van der Waals surface area contributed by atoms with Crippen molar-refractivity contribution in [3.8, 4) is 9.88 Å². The SMILES string of the molecule is Cn1cnc2c3sc(-c4cccs4)nc3ccc21. The van der Waals surface area contributed by atoms with Gasteiger partial charge in [0, 0.05) is 7.05 Å². The molecule has 18 heavy (non-hydrogen) atoms. The van der Waals surface area contributed by atoms with E-state index in [4.69, 9.17) is 4.98 Å². The third kappa shape index (κ3) is 1.34. The van der Waals surface area contributed by atoms with E-state index in [9.17, 15) is 0 Å². The summed E-state index contributed by atoms with van der Waals surface area (Å²) in [4.78, 5) is 10.4. The van der Waals surface area contributed by atoms with E-state index in [1.165, 1.54) is 9.58 Å². The first kappa shape index (κ1) is 10.2. The van der Waals surface area contributed by atoms with Crippen LogP contribution >= 0.6 is 22.7 Å². The molecule has 0 atom stereocenters. The topological polar surface area (TPSA) is 30.7 Å². The van der Waals surface area contributed by atoms with Crippen molar-refractivity contribution < 1.29 is 0 Å². The third-order valence-corrected chi connectivity index (χ3v) is 5.10. The zero-order valence-electron chi connectivity index (χ0n) is 9.62. The van der Waals surface area contributed by atoms with Crippen molar-refractivity contribution in [2.24, 2.45) is 7.05 Å². The molecule has 88 valence electrons. The molecule has 0 amide bonds. The number of aryl methyl sites for hydroxylation is 1. The molecule has 0 bridgehead atoms. The summed E-state index contributed by atoms with van der Waals surface area (Å²) in [5, 5.41) is 3.16. The van der Waals surface area contributed by atoms with Crippen LogP contribution in [0.1, 0.15) is 0 Å². The van der Waals surface area contributed by atoms with Gasteiger partial charge in [0.15, 0.2) is 0 Å². The zero-order valence-corrected chi connectivity index (χ0v) is 11.3. The minimum absolute atomic E-state index is 1.04. The van der Waals surface area contributed by atoms with Gasteiger partial charge in [0.1, 0.15) is 10.5 Å². The average Bonchev–Trinajstić information content (AvgIpc) is 3.05. The van der Waals surface area contributed by atoms with Gasteiger partial charge in [-0.15, -0.1) is 22.7 Å². The molecule has 4 aromatic rings. The number of thiophene rings is 1. The lowest BCUT2D eigenvalue weighted by Crippen LogP contribution is -1.82. The van der Waals surface area contributed by atoms with Crippen LogP contribution in [0.15, 0.2) is 36.0 Å². The Balaban J connectivity index is 2.08. The van der Waals surface area contributed by atoms with E-state index in [2.05, 4.69) is 34.6 Å². The number of aromatic nitrogens is 3. The fourth-order valence-electron chi connectivity index (χ4n) is 2.09. The average molecular weight is 271 g/mol. The molecule has 4 rings (SSSR count). The Morgan fingerprint density at radius 3 is 3.00 bits per heavy atom. The molecule has 3 aromatic heterocycles. The van der Waals surface area contributed by atoms with E-state index >= 15 is 0 Å². The van der Waals surface area contributed by atoms with Gasteiger partial charge < -0.3 is 4.57 Å². The zero-order chi connectivity index (χ0) is 12.1. The van der Waals surface area contributed by atoms with Gasteiger partial charge in [-0.05, 0) is 23.6 Å². The number of fused-ring (bicyclic) bond motifs is 3. The molecule has 0 unspecified atom stereocenters. The Morgan fingerprint density at radius 1 is 1.22 bits per heavy atom. The molecule has 5 heteroatoms. The lowest BCUT2D eigenvalue weighted by Gasteiger charge is -1.93. The molecule has 3 heterocycles. The number of imidazole rings is 1. The van der Waals surface area contributed by atoms with Gasteiger partial charge in [0.2, 0.25) is 0 Å². The highest BCUT2D eigenvalue weighted by Gasteiger charge is 2.11. The molecule has 0 spiro atoms. The molecular formula is C13H9N3S2. The Morgan fingerprint density at radius 2 is 2.17 bits per heavy atom. The summed E-state index contributed by atoms with van der Waals surface area (Å²) < 4.78 is 3.22. The molecular weight excluding hydrogens is 262 g/mol. The number of thiazole rings is 1. The maximum Gasteiger partial charge on any atom is 0.134 e. The number of hydrogen-bond acceptors (Lipinski definition) is 4. The number of benzene rings is 1. The largest absolute Gasteiger partial charge is 0.334 e. The highest BCUT2D eigenvalue weighted by molar-refractivity contribution is 7.25. The Hall–Kier alpha value is -1.72. The Kier molecular flexibility index (Phi) is 2.06. The third-order valence-electron chi connectivity index (χ3n) is 2.98. The second kappa shape index (κ2) is 3.63. The molecule has 1 aromatic carbocycles. The molecule has 0 saturated heterocycles. The normalized spacial score (nSPS) is 11.6. The summed E-state index contributed by atoms with van der Waals surface area (Å²) in [5.41, 5.74) is 3.24. The summed E-state index contributed by atoms with van der Waals surface area (Å²) in [6, 6.07) is 8.33. The van der Waals surface area contributed by atoms with E-state index in [1.54, 1.807) is 22.7 Å². The molecule has 0 radical (unpaired) electrons. The number of rotatable bonds is 1. The molecule has 3 nitrogen and oxygen atoms in total. The van der Waals surface area contributed by atoms with Crippen LogP contribution in [0.5, 0.6) is 0 Å². The van der Waals surface area contributed by atoms with Crippen LogP contribution in [-0.4, -0.2) is 14.5 Å². The van der Waals surface area contributed by atoms with E-state index < -0.39 is 0 Å². The van der Waals surface area contributed by atoms with Crippen molar-refractivity contribution >= 4 is 43.9 Å². The van der Waals surface area contributed by atoms with Crippen molar-refractivity contribution in [1.29, 1.82) is 0 Å². The summed E-state index contributed by atoms with van der Waals surface area (Å²) in [7, 11) is 2.02. The second-order valence-electron chi connectivity index (χ2n) is 4.13. The van der Waals surface area contributed by atoms with E-state index in [0.29, 0.717) is 0 Å². The summed E-state index contributed by atoms with van der Waals surface area (Å²) in [5.74, 6) is 0. The van der Waals surface area contributed by atoms with Gasteiger partial charge in [-0.1, -0.05) is 6.07 Å². The van der Waals surface area contributed by atoms with Gasteiger partial charge in [-0.2, -0.15) is 0 Å². The monoisotopic (exact) mass is 271 g/mol. The smallest absolute Gasteiger partial charge is 0.134 e. The molecule has 0 aliphatic rings.